The average Bonchev–Trinajstić information content (AvgIpc) is 2.38. The summed E-state index contributed by atoms with van der Waals surface area (Å²) in [5, 5.41) is 10.6. The monoisotopic (exact) mass is 333 g/mol. The van der Waals surface area contributed by atoms with Crippen LogP contribution < -0.4 is 4.72 Å². The van der Waals surface area contributed by atoms with Gasteiger partial charge in [0.15, 0.2) is 0 Å². The molecule has 1 aromatic rings. The molecule has 0 aliphatic carbocycles. The van der Waals surface area contributed by atoms with Crippen LogP contribution in [-0.4, -0.2) is 26.2 Å². The molecule has 1 unspecified atom stereocenters. The summed E-state index contributed by atoms with van der Waals surface area (Å²) in [7, 11) is -3.50. The highest BCUT2D eigenvalue weighted by Gasteiger charge is 2.31. The zero-order valence-corrected chi connectivity index (χ0v) is 14.5. The van der Waals surface area contributed by atoms with E-state index in [1.807, 2.05) is 27.7 Å². The molecule has 4 nitrogen and oxygen atoms in total. The van der Waals surface area contributed by atoms with Gasteiger partial charge in [-0.2, -0.15) is 0 Å². The Morgan fingerprint density at radius 3 is 2.38 bits per heavy atom. The molecule has 0 aliphatic rings. The van der Waals surface area contributed by atoms with Crippen molar-refractivity contribution in [2.75, 3.05) is 6.54 Å². The molecule has 0 aliphatic heterocycles. The van der Waals surface area contributed by atoms with Gasteiger partial charge >= 0.3 is 0 Å². The van der Waals surface area contributed by atoms with Gasteiger partial charge in [-0.15, -0.1) is 0 Å². The molecule has 1 atom stereocenters. The lowest BCUT2D eigenvalue weighted by atomic mass is 9.81. The van der Waals surface area contributed by atoms with E-state index in [2.05, 4.69) is 4.72 Å². The number of sulfonamides is 1. The van der Waals surface area contributed by atoms with Crippen LogP contribution in [0.3, 0.4) is 0 Å². The molecule has 0 aromatic heterocycles. The SMILES string of the molecule is CC(C)C(O)C(C)(C)CNS(=O)(=O)Cc1ccccc1Cl. The number of nitrogens with one attached hydrogen (secondary N) is 1. The zero-order valence-electron chi connectivity index (χ0n) is 12.9. The summed E-state index contributed by atoms with van der Waals surface area (Å²) < 4.78 is 26.8. The van der Waals surface area contributed by atoms with E-state index in [1.165, 1.54) is 0 Å². The van der Waals surface area contributed by atoms with E-state index in [1.54, 1.807) is 24.3 Å². The summed E-state index contributed by atoms with van der Waals surface area (Å²) in [5.74, 6) is -0.103. The van der Waals surface area contributed by atoms with Gasteiger partial charge in [-0.05, 0) is 17.5 Å². The van der Waals surface area contributed by atoms with Gasteiger partial charge in [0.2, 0.25) is 10.0 Å². The first kappa shape index (κ1) is 18.4. The van der Waals surface area contributed by atoms with Crippen LogP contribution >= 0.6 is 11.6 Å². The van der Waals surface area contributed by atoms with Crippen molar-refractivity contribution in [3.05, 3.63) is 34.9 Å². The molecule has 21 heavy (non-hydrogen) atoms. The van der Waals surface area contributed by atoms with Crippen molar-refractivity contribution >= 4 is 21.6 Å². The number of rotatable bonds is 7. The van der Waals surface area contributed by atoms with Gasteiger partial charge in [-0.3, -0.25) is 0 Å². The van der Waals surface area contributed by atoms with Gasteiger partial charge < -0.3 is 5.11 Å². The Morgan fingerprint density at radius 2 is 1.86 bits per heavy atom. The van der Waals surface area contributed by atoms with Crippen molar-refractivity contribution in [2.24, 2.45) is 11.3 Å². The summed E-state index contributed by atoms with van der Waals surface area (Å²) in [6.07, 6.45) is -0.583. The molecule has 1 rings (SSSR count). The van der Waals surface area contributed by atoms with Gasteiger partial charge in [-0.25, -0.2) is 13.1 Å². The van der Waals surface area contributed by atoms with Crippen LogP contribution in [0.5, 0.6) is 0 Å². The third-order valence-electron chi connectivity index (χ3n) is 3.48. The zero-order chi connectivity index (χ0) is 16.3. The van der Waals surface area contributed by atoms with Gasteiger partial charge in [-0.1, -0.05) is 57.5 Å². The summed E-state index contributed by atoms with van der Waals surface area (Å²) >= 11 is 5.98. The molecule has 0 heterocycles. The minimum atomic E-state index is -3.50. The summed E-state index contributed by atoms with van der Waals surface area (Å²) in [4.78, 5) is 0. The fourth-order valence-corrected chi connectivity index (χ4v) is 3.81. The predicted molar refractivity (Wildman–Crippen MR) is 86.7 cm³/mol. The maximum absolute atomic E-state index is 12.1. The Bertz CT molecular complexity index is 570. The van der Waals surface area contributed by atoms with Gasteiger partial charge in [0, 0.05) is 17.0 Å². The highest BCUT2D eigenvalue weighted by molar-refractivity contribution is 7.88. The molecule has 0 bridgehead atoms. The quantitative estimate of drug-likeness (QED) is 0.806. The summed E-state index contributed by atoms with van der Waals surface area (Å²) in [5.41, 5.74) is 0.0238. The molecule has 6 heteroatoms. The number of hydrogen-bond acceptors (Lipinski definition) is 3. The molecule has 2 N–H and O–H groups in total. The first-order valence-corrected chi connectivity index (χ1v) is 8.97. The van der Waals surface area contributed by atoms with E-state index in [9.17, 15) is 13.5 Å². The van der Waals surface area contributed by atoms with Gasteiger partial charge in [0.05, 0.1) is 11.9 Å². The van der Waals surface area contributed by atoms with Crippen molar-refractivity contribution in [3.8, 4) is 0 Å². The number of benzene rings is 1. The van der Waals surface area contributed by atoms with E-state index in [0.717, 1.165) is 0 Å². The highest BCUT2D eigenvalue weighted by Crippen LogP contribution is 2.25. The lowest BCUT2D eigenvalue weighted by Gasteiger charge is -2.33. The van der Waals surface area contributed by atoms with Gasteiger partial charge in [0.25, 0.3) is 0 Å². The molecule has 1 aromatic carbocycles. The second-order valence-electron chi connectivity index (χ2n) is 6.35. The van der Waals surface area contributed by atoms with E-state index in [-0.39, 0.29) is 18.2 Å². The number of aliphatic hydroxyl groups is 1. The van der Waals surface area contributed by atoms with Crippen LogP contribution in [0, 0.1) is 11.3 Å². The van der Waals surface area contributed by atoms with Gasteiger partial charge in [0.1, 0.15) is 0 Å². The van der Waals surface area contributed by atoms with E-state index in [4.69, 9.17) is 11.6 Å². The molecule has 0 radical (unpaired) electrons. The Kier molecular flexibility index (Phi) is 6.23. The second kappa shape index (κ2) is 7.09. The van der Waals surface area contributed by atoms with Crippen molar-refractivity contribution in [3.63, 3.8) is 0 Å². The molecule has 0 saturated carbocycles. The van der Waals surface area contributed by atoms with Crippen LogP contribution in [-0.2, 0) is 15.8 Å². The first-order valence-electron chi connectivity index (χ1n) is 6.94. The van der Waals surface area contributed by atoms with Crippen molar-refractivity contribution in [2.45, 2.75) is 39.6 Å². The molecule has 0 saturated heterocycles. The number of halogens is 1. The third-order valence-corrected chi connectivity index (χ3v) is 5.13. The predicted octanol–water partition coefficient (Wildman–Crippen LogP) is 2.80. The highest BCUT2D eigenvalue weighted by atomic mass is 35.5. The largest absolute Gasteiger partial charge is 0.392 e. The van der Waals surface area contributed by atoms with Crippen LogP contribution in [0.2, 0.25) is 5.02 Å². The lowest BCUT2D eigenvalue weighted by molar-refractivity contribution is 0.0166. The van der Waals surface area contributed by atoms with Crippen LogP contribution in [0.15, 0.2) is 24.3 Å². The lowest BCUT2D eigenvalue weighted by Crippen LogP contribution is -2.43. The second-order valence-corrected chi connectivity index (χ2v) is 8.56. The minimum absolute atomic E-state index is 0.0630. The first-order chi connectivity index (χ1) is 9.55. The summed E-state index contributed by atoms with van der Waals surface area (Å²) in [6, 6.07) is 6.87. The van der Waals surface area contributed by atoms with Crippen molar-refractivity contribution in [1.29, 1.82) is 0 Å². The molecule has 0 fully saturated rings. The van der Waals surface area contributed by atoms with E-state index in [0.29, 0.717) is 10.6 Å². The van der Waals surface area contributed by atoms with Crippen molar-refractivity contribution in [1.82, 2.24) is 4.72 Å². The maximum atomic E-state index is 12.1. The number of hydrogen-bond donors (Lipinski definition) is 2. The standard InChI is InChI=1S/C15H24ClNO3S/c1-11(2)14(18)15(3,4)10-17-21(19,20)9-12-7-5-6-8-13(12)16/h5-8,11,14,17-18H,9-10H2,1-4H3. The molecular weight excluding hydrogens is 310 g/mol. The topological polar surface area (TPSA) is 66.4 Å². The third kappa shape index (κ3) is 5.58. The number of aliphatic hydroxyl groups excluding tert-OH is 1. The maximum Gasteiger partial charge on any atom is 0.215 e. The smallest absolute Gasteiger partial charge is 0.215 e. The normalized spacial score (nSPS) is 14.4. The minimum Gasteiger partial charge on any atom is -0.392 e. The summed E-state index contributed by atoms with van der Waals surface area (Å²) in [6.45, 7) is 7.68. The van der Waals surface area contributed by atoms with Crippen molar-refractivity contribution < 1.29 is 13.5 Å². The van der Waals surface area contributed by atoms with Crippen LogP contribution in [0.4, 0.5) is 0 Å². The Labute approximate surface area is 132 Å². The van der Waals surface area contributed by atoms with Crippen LogP contribution in [0.25, 0.3) is 0 Å². The van der Waals surface area contributed by atoms with E-state index >= 15 is 0 Å². The fraction of sp³-hybridized carbons (Fsp3) is 0.600. The fourth-order valence-electron chi connectivity index (χ4n) is 2.17. The Morgan fingerprint density at radius 1 is 1.29 bits per heavy atom. The average molecular weight is 334 g/mol. The molecule has 0 spiro atoms. The van der Waals surface area contributed by atoms with Crippen LogP contribution in [0.1, 0.15) is 33.3 Å². The molecule has 120 valence electrons. The Balaban J connectivity index is 2.72. The molecule has 0 amide bonds. The molecular formula is C15H24ClNO3S. The van der Waals surface area contributed by atoms with E-state index < -0.39 is 21.5 Å². The Hall–Kier alpha value is -0.620.